The molecule has 2 bridgehead atoms. The van der Waals surface area contributed by atoms with Gasteiger partial charge in [-0.25, -0.2) is 0 Å². The lowest BCUT2D eigenvalue weighted by molar-refractivity contribution is -0.148. The van der Waals surface area contributed by atoms with Crippen molar-refractivity contribution in [1.82, 2.24) is 15.5 Å². The van der Waals surface area contributed by atoms with Crippen LogP contribution in [0.1, 0.15) is 98.5 Å². The SMILES string of the molecule is CC[C@]12CCC3(O1)C(C(=O)NC(C)(C)CC(C)(C)C)N(CCCCCCO)C(=O)[C@@H]3[C@H]2C(=O)NCc1ccccc1. The number of carbonyl (C=O) groups excluding carboxylic acids is 3. The molecule has 3 aliphatic rings. The summed E-state index contributed by atoms with van der Waals surface area (Å²) >= 11 is 0. The molecule has 4 rings (SSSR count). The third-order valence-electron chi connectivity index (χ3n) is 9.26. The van der Waals surface area contributed by atoms with E-state index < -0.39 is 34.6 Å². The van der Waals surface area contributed by atoms with Crippen LogP contribution in [-0.2, 0) is 25.7 Å². The normalized spacial score (nSPS) is 29.1. The maximum absolute atomic E-state index is 14.3. The first kappa shape index (κ1) is 31.5. The molecule has 3 aliphatic heterocycles. The Morgan fingerprint density at radius 2 is 1.71 bits per heavy atom. The standard InChI is InChI=1S/C33H51N3O5/c1-7-32-17-18-33(41-32)25(24(32)27(38)34-21-23-15-11-10-12-16-23)29(40)36(19-13-8-9-14-20-37)26(33)28(39)35-31(5,6)22-30(2,3)4/h10-12,15-16,24-26,37H,7-9,13-14,17-22H2,1-6H3,(H,34,38)(H,35,39)/t24-,25-,26?,32+,33?/m0/s1. The van der Waals surface area contributed by atoms with Gasteiger partial charge in [-0.15, -0.1) is 0 Å². The second-order valence-corrected chi connectivity index (χ2v) is 14.3. The van der Waals surface area contributed by atoms with Crippen molar-refractivity contribution in [3.05, 3.63) is 35.9 Å². The molecule has 5 atom stereocenters. The molecule has 0 aromatic heterocycles. The Morgan fingerprint density at radius 1 is 1.02 bits per heavy atom. The molecule has 228 valence electrons. The van der Waals surface area contributed by atoms with Gasteiger partial charge in [-0.2, -0.15) is 0 Å². The number of unbranched alkanes of at least 4 members (excludes halogenated alkanes) is 3. The van der Waals surface area contributed by atoms with Crippen molar-refractivity contribution in [3.8, 4) is 0 Å². The van der Waals surface area contributed by atoms with Crippen molar-refractivity contribution < 1.29 is 24.2 Å². The lowest BCUT2D eigenvalue weighted by Gasteiger charge is -2.38. The quantitative estimate of drug-likeness (QED) is 0.306. The van der Waals surface area contributed by atoms with E-state index in [9.17, 15) is 19.5 Å². The number of hydrogen-bond acceptors (Lipinski definition) is 5. The number of aliphatic hydroxyl groups is 1. The van der Waals surface area contributed by atoms with Gasteiger partial charge in [0.1, 0.15) is 11.6 Å². The zero-order valence-electron chi connectivity index (χ0n) is 25.9. The van der Waals surface area contributed by atoms with Crippen molar-refractivity contribution in [2.75, 3.05) is 13.2 Å². The topological polar surface area (TPSA) is 108 Å². The second kappa shape index (κ2) is 12.0. The Labute approximate surface area is 246 Å². The molecule has 1 spiro atoms. The third-order valence-corrected chi connectivity index (χ3v) is 9.26. The molecule has 1 aromatic rings. The summed E-state index contributed by atoms with van der Waals surface area (Å²) in [5.41, 5.74) is -1.26. The fourth-order valence-corrected chi connectivity index (χ4v) is 8.07. The minimum absolute atomic E-state index is 0.00596. The highest BCUT2D eigenvalue weighted by atomic mass is 16.5. The Bertz CT molecular complexity index is 1100. The van der Waals surface area contributed by atoms with Gasteiger partial charge in [0, 0.05) is 25.2 Å². The minimum atomic E-state index is -1.02. The van der Waals surface area contributed by atoms with Gasteiger partial charge in [0.05, 0.1) is 17.4 Å². The van der Waals surface area contributed by atoms with Crippen LogP contribution in [0.5, 0.6) is 0 Å². The van der Waals surface area contributed by atoms with E-state index in [4.69, 9.17) is 4.74 Å². The molecular formula is C33H51N3O5. The summed E-state index contributed by atoms with van der Waals surface area (Å²) in [5, 5.41) is 15.5. The van der Waals surface area contributed by atoms with Gasteiger partial charge in [-0.3, -0.25) is 14.4 Å². The second-order valence-electron chi connectivity index (χ2n) is 14.3. The summed E-state index contributed by atoms with van der Waals surface area (Å²) in [6.07, 6.45) is 5.77. The zero-order chi connectivity index (χ0) is 30.1. The van der Waals surface area contributed by atoms with Crippen LogP contribution in [0, 0.1) is 17.3 Å². The molecular weight excluding hydrogens is 518 g/mol. The molecule has 8 heteroatoms. The Hall–Kier alpha value is -2.45. The fraction of sp³-hybridized carbons (Fsp3) is 0.727. The van der Waals surface area contributed by atoms with E-state index in [2.05, 4.69) is 31.4 Å². The van der Waals surface area contributed by atoms with Gasteiger partial charge in [0.15, 0.2) is 0 Å². The lowest BCUT2D eigenvalue weighted by Crippen LogP contribution is -2.59. The van der Waals surface area contributed by atoms with Crippen LogP contribution in [0.2, 0.25) is 0 Å². The molecule has 2 unspecified atom stereocenters. The first-order valence-corrected chi connectivity index (χ1v) is 15.5. The van der Waals surface area contributed by atoms with Crippen molar-refractivity contribution in [1.29, 1.82) is 0 Å². The number of nitrogens with zero attached hydrogens (tertiary/aromatic N) is 1. The first-order chi connectivity index (χ1) is 19.3. The lowest BCUT2D eigenvalue weighted by atomic mass is 9.65. The van der Waals surface area contributed by atoms with Crippen molar-refractivity contribution in [2.45, 2.75) is 122 Å². The largest absolute Gasteiger partial charge is 0.396 e. The highest BCUT2D eigenvalue weighted by Gasteiger charge is 2.78. The Balaban J connectivity index is 1.64. The molecule has 41 heavy (non-hydrogen) atoms. The molecule has 3 amide bonds. The summed E-state index contributed by atoms with van der Waals surface area (Å²) in [7, 11) is 0. The molecule has 0 saturated carbocycles. The predicted octanol–water partition coefficient (Wildman–Crippen LogP) is 4.34. The number of nitrogens with one attached hydrogen (secondary N) is 2. The van der Waals surface area contributed by atoms with Crippen LogP contribution in [0.15, 0.2) is 30.3 Å². The number of hydrogen-bond donors (Lipinski definition) is 3. The molecule has 3 saturated heterocycles. The van der Waals surface area contributed by atoms with Crippen LogP contribution in [-0.4, -0.2) is 63.7 Å². The smallest absolute Gasteiger partial charge is 0.246 e. The van der Waals surface area contributed by atoms with E-state index in [1.165, 1.54) is 0 Å². The number of rotatable bonds is 13. The molecule has 3 heterocycles. The van der Waals surface area contributed by atoms with E-state index in [0.717, 1.165) is 37.7 Å². The van der Waals surface area contributed by atoms with Gasteiger partial charge in [0.2, 0.25) is 17.7 Å². The van der Waals surface area contributed by atoms with Crippen LogP contribution in [0.25, 0.3) is 0 Å². The van der Waals surface area contributed by atoms with Crippen LogP contribution in [0.4, 0.5) is 0 Å². The van der Waals surface area contributed by atoms with Crippen molar-refractivity contribution >= 4 is 17.7 Å². The maximum Gasteiger partial charge on any atom is 0.246 e. The number of benzene rings is 1. The minimum Gasteiger partial charge on any atom is -0.396 e. The average molecular weight is 570 g/mol. The highest BCUT2D eigenvalue weighted by molar-refractivity contribution is 5.99. The third kappa shape index (κ3) is 6.34. The van der Waals surface area contributed by atoms with Gasteiger partial charge in [-0.05, 0) is 63.4 Å². The zero-order valence-corrected chi connectivity index (χ0v) is 25.9. The number of carbonyl (C=O) groups is 3. The van der Waals surface area contributed by atoms with E-state index in [1.807, 2.05) is 51.1 Å². The number of likely N-dealkylation sites (tertiary alicyclic amines) is 1. The summed E-state index contributed by atoms with van der Waals surface area (Å²) in [4.78, 5) is 44.1. The average Bonchev–Trinajstić information content (AvgIpc) is 3.49. The van der Waals surface area contributed by atoms with Gasteiger partial charge >= 0.3 is 0 Å². The summed E-state index contributed by atoms with van der Waals surface area (Å²) in [5.74, 6) is -1.84. The number of aliphatic hydroxyl groups excluding tert-OH is 1. The number of fused-ring (bicyclic) bond motifs is 1. The first-order valence-electron chi connectivity index (χ1n) is 15.5. The van der Waals surface area contributed by atoms with Gasteiger partial charge < -0.3 is 25.4 Å². The molecule has 3 N–H and O–H groups in total. The maximum atomic E-state index is 14.3. The van der Waals surface area contributed by atoms with Crippen molar-refractivity contribution in [3.63, 3.8) is 0 Å². The summed E-state index contributed by atoms with van der Waals surface area (Å²) in [6.45, 7) is 13.5. The van der Waals surface area contributed by atoms with Gasteiger partial charge in [-0.1, -0.05) is 70.9 Å². The van der Waals surface area contributed by atoms with Crippen LogP contribution < -0.4 is 10.6 Å². The van der Waals surface area contributed by atoms with E-state index >= 15 is 0 Å². The monoisotopic (exact) mass is 569 g/mol. The van der Waals surface area contributed by atoms with Gasteiger partial charge in [0.25, 0.3) is 0 Å². The Kier molecular flexibility index (Phi) is 9.25. The Morgan fingerprint density at radius 3 is 2.34 bits per heavy atom. The molecule has 8 nitrogen and oxygen atoms in total. The summed E-state index contributed by atoms with van der Waals surface area (Å²) in [6, 6.07) is 8.97. The predicted molar refractivity (Wildman–Crippen MR) is 159 cm³/mol. The van der Waals surface area contributed by atoms with Crippen molar-refractivity contribution in [2.24, 2.45) is 17.3 Å². The van der Waals surface area contributed by atoms with E-state index in [1.54, 1.807) is 4.90 Å². The van der Waals surface area contributed by atoms with Crippen LogP contribution >= 0.6 is 0 Å². The molecule has 3 fully saturated rings. The number of ether oxygens (including phenoxy) is 1. The molecule has 0 aliphatic carbocycles. The fourth-order valence-electron chi connectivity index (χ4n) is 8.07. The highest BCUT2D eigenvalue weighted by Crippen LogP contribution is 2.64. The number of amides is 3. The van der Waals surface area contributed by atoms with Crippen LogP contribution in [0.3, 0.4) is 0 Å². The molecule has 0 radical (unpaired) electrons. The summed E-state index contributed by atoms with van der Waals surface area (Å²) < 4.78 is 6.88. The van der Waals surface area contributed by atoms with E-state index in [-0.39, 0.29) is 29.7 Å². The molecule has 1 aromatic carbocycles. The van der Waals surface area contributed by atoms with E-state index in [0.29, 0.717) is 32.4 Å².